The smallest absolute Gasteiger partial charge is 1.00 e. The number of fused-ring (bicyclic) bond motifs is 10. The predicted molar refractivity (Wildman–Crippen MR) is 417 cm³/mol. The number of H-pyrrole nitrogens is 1. The maximum absolute atomic E-state index is 5.99. The summed E-state index contributed by atoms with van der Waals surface area (Å²) in [4.78, 5) is 41.9. The topological polar surface area (TPSA) is 156 Å². The Kier molecular flexibility index (Phi) is 27.3. The van der Waals surface area contributed by atoms with Gasteiger partial charge in [-0.1, -0.05) is 231 Å². The van der Waals surface area contributed by atoms with Gasteiger partial charge in [0, 0.05) is 73.9 Å². The summed E-state index contributed by atoms with van der Waals surface area (Å²) in [5.74, 6) is 3.04. The number of para-hydroxylation sites is 6. The van der Waals surface area contributed by atoms with Crippen molar-refractivity contribution in [2.24, 2.45) is 0 Å². The van der Waals surface area contributed by atoms with E-state index >= 15 is 0 Å². The summed E-state index contributed by atoms with van der Waals surface area (Å²) in [6.07, 6.45) is 2.56. The standard InChI is InChI=1S/C35H23N5.C20H14N2.C15H10ClN3.C6H5.C4H8O.C3Cl3N3.BrH.K.Mg.H/c1-4-14-24(15-5-1)33-36-34(25-16-6-2-7-17-25)38-35(37-33)40-30-23-13-11-21-28(30)31-32(40)27-20-10-12-22-29(27)39(31)26-18-8-3-9-19-26;1-2-8-14(9-3-1)22-18-13-7-5-11-16(18)19-20(22)15-10-4-6-12-17(15)21-19;16-15-18-13(11-7-3-1-4-8-11)17-14(19-15)12-9-5-2-6-10-12;1-2-4-6-5-3-1;1-2-4-5-3-1;4-1-7-2(5)9-3(6)8-1;;;;/h1-23H;1-13,21H;1-10H;1-5H;1-4H2;;1H;;;/q;;;-1;;;;+1;+2;-1/p-1. The van der Waals surface area contributed by atoms with Crippen molar-refractivity contribution in [2.45, 2.75) is 12.8 Å². The molecule has 1 aliphatic heterocycles. The summed E-state index contributed by atoms with van der Waals surface area (Å²) < 4.78 is 11.8. The van der Waals surface area contributed by atoms with E-state index in [1.807, 2.05) is 152 Å². The van der Waals surface area contributed by atoms with Gasteiger partial charge in [-0.25, -0.2) is 9.97 Å². The van der Waals surface area contributed by atoms with Gasteiger partial charge in [0.05, 0.1) is 38.6 Å². The number of ether oxygens (including phenoxy) is 1. The van der Waals surface area contributed by atoms with Gasteiger partial charge in [0.2, 0.25) is 27.1 Å². The van der Waals surface area contributed by atoms with Gasteiger partial charge in [-0.05, 0) is 108 Å². The van der Waals surface area contributed by atoms with E-state index in [-0.39, 0.29) is 114 Å². The van der Waals surface area contributed by atoms with Gasteiger partial charge in [0.25, 0.3) is 0 Å². The van der Waals surface area contributed by atoms with Crippen molar-refractivity contribution in [3.63, 3.8) is 0 Å². The molecule has 0 aliphatic carbocycles. The number of aromatic nitrogens is 13. The molecule has 14 nitrogen and oxygen atoms in total. The molecule has 104 heavy (non-hydrogen) atoms. The van der Waals surface area contributed by atoms with Crippen LogP contribution in [0.15, 0.2) is 309 Å². The fourth-order valence-corrected chi connectivity index (χ4v) is 12.7. The van der Waals surface area contributed by atoms with Crippen LogP contribution in [0.5, 0.6) is 0 Å². The molecular weight excluding hydrogens is 1480 g/mol. The fourth-order valence-electron chi connectivity index (χ4n) is 12.0. The number of nitrogens with zero attached hydrogens (tertiary/aromatic N) is 12. The van der Waals surface area contributed by atoms with Gasteiger partial charge in [-0.2, -0.15) is 71.3 Å². The van der Waals surface area contributed by atoms with Crippen LogP contribution >= 0.6 is 46.4 Å². The Labute approximate surface area is 691 Å². The minimum Gasteiger partial charge on any atom is -1.00 e. The molecule has 8 heterocycles. The van der Waals surface area contributed by atoms with Gasteiger partial charge in [-0.15, -0.1) is 0 Å². The summed E-state index contributed by atoms with van der Waals surface area (Å²) in [7, 11) is 0. The van der Waals surface area contributed by atoms with E-state index < -0.39 is 0 Å². The number of aromatic amines is 1. The third-order valence-electron chi connectivity index (χ3n) is 16.4. The van der Waals surface area contributed by atoms with Crippen molar-refractivity contribution in [3.8, 4) is 62.9 Å². The molecule has 1 saturated heterocycles. The zero-order chi connectivity index (χ0) is 68.7. The zero-order valence-corrected chi connectivity index (χ0v) is 65.3. The fraction of sp³-hybridized carbons (Fsp3) is 0.0482. The van der Waals surface area contributed by atoms with Gasteiger partial charge in [0.15, 0.2) is 23.3 Å². The molecule has 18 aromatic rings. The molecule has 1 N–H and O–H groups in total. The maximum atomic E-state index is 5.99. The zero-order valence-electron chi connectivity index (χ0n) is 57.1. The van der Waals surface area contributed by atoms with E-state index in [2.05, 4.69) is 212 Å². The molecular formula is C83H61BrCl4KMgN13O. The number of nitrogens with one attached hydrogen (secondary N) is 1. The SMILES string of the molecule is C1CCOC1.Clc1nc(-c2ccccc2)nc(-c2ccccc2)n1.Clc1nc(Cl)nc(Cl)n1.[Br-].[H-].[K+].[Mg+2].[c-]1ccccc1.c1ccc(-c2nc(-c3ccccc3)nc(-n3c4ccccc4c4c3c3ccccc3n4-c3ccccc3)n2)cc1.c1ccc(-n2c3ccccc3c3[nH]c4ccccc4c32)cc1. The number of hydrogen-bond acceptors (Lipinski definition) is 10. The van der Waals surface area contributed by atoms with E-state index in [1.165, 1.54) is 51.4 Å². The average molecular weight is 1540 g/mol. The first-order chi connectivity index (χ1) is 49.8. The molecule has 502 valence electrons. The number of halogens is 5. The summed E-state index contributed by atoms with van der Waals surface area (Å²) in [6.45, 7) is 2.00. The average Bonchev–Trinajstić information content (AvgIpc) is 1.55. The summed E-state index contributed by atoms with van der Waals surface area (Å²) in [6, 6.07) is 107. The first-order valence-electron chi connectivity index (χ1n) is 32.6. The van der Waals surface area contributed by atoms with Crippen LogP contribution in [0.2, 0.25) is 21.1 Å². The second-order valence-electron chi connectivity index (χ2n) is 22.9. The Morgan fingerprint density at radius 3 is 1.04 bits per heavy atom. The Balaban J connectivity index is 0.000000154. The summed E-state index contributed by atoms with van der Waals surface area (Å²) >= 11 is 21.9. The quantitative estimate of drug-likeness (QED) is 0.120. The Morgan fingerprint density at radius 2 is 0.644 bits per heavy atom. The Bertz CT molecular complexity index is 5570. The van der Waals surface area contributed by atoms with Crippen molar-refractivity contribution in [2.75, 3.05) is 13.2 Å². The van der Waals surface area contributed by atoms with Gasteiger partial charge < -0.3 is 37.3 Å². The van der Waals surface area contributed by atoms with E-state index in [9.17, 15) is 0 Å². The number of benzene rings is 11. The molecule has 21 heteroatoms. The van der Waals surface area contributed by atoms with Crippen molar-refractivity contribution in [3.05, 3.63) is 337 Å². The van der Waals surface area contributed by atoms with E-state index in [4.69, 9.17) is 66.1 Å². The van der Waals surface area contributed by atoms with Crippen molar-refractivity contribution in [1.82, 2.24) is 63.5 Å². The van der Waals surface area contributed by atoms with Crippen molar-refractivity contribution in [1.29, 1.82) is 0 Å². The van der Waals surface area contributed by atoms with Crippen LogP contribution in [0.25, 0.3) is 129 Å². The first kappa shape index (κ1) is 76.3. The van der Waals surface area contributed by atoms with Gasteiger partial charge in [0.1, 0.15) is 0 Å². The monoisotopic (exact) mass is 1540 g/mol. The first-order valence-corrected chi connectivity index (χ1v) is 34.1. The second-order valence-corrected chi connectivity index (χ2v) is 24.2. The van der Waals surface area contributed by atoms with E-state index in [0.29, 0.717) is 29.2 Å². The largest absolute Gasteiger partial charge is 2.00 e. The van der Waals surface area contributed by atoms with Crippen LogP contribution in [-0.4, -0.2) is 99.8 Å². The number of rotatable bonds is 7. The Hall–Kier alpha value is -8.87. The van der Waals surface area contributed by atoms with Crippen molar-refractivity contribution < 1.29 is 74.5 Å². The van der Waals surface area contributed by atoms with Crippen molar-refractivity contribution >= 4 is 135 Å². The molecule has 11 aromatic carbocycles. The predicted octanol–water partition coefficient (Wildman–Crippen LogP) is 15.2. The minimum atomic E-state index is 0. The molecule has 1 fully saturated rings. The molecule has 0 unspecified atom stereocenters. The van der Waals surface area contributed by atoms with Crippen LogP contribution in [0, 0.1) is 6.07 Å². The molecule has 0 amide bonds. The Morgan fingerprint density at radius 1 is 0.327 bits per heavy atom. The molecule has 7 aromatic heterocycles. The van der Waals surface area contributed by atoms with Gasteiger partial charge in [-0.3, -0.25) is 4.57 Å². The van der Waals surface area contributed by atoms with E-state index in [0.717, 1.165) is 74.0 Å². The van der Waals surface area contributed by atoms with Crippen LogP contribution in [0.3, 0.4) is 0 Å². The second kappa shape index (κ2) is 37.2. The molecule has 0 saturated carbocycles. The maximum Gasteiger partial charge on any atom is 2.00 e. The third kappa shape index (κ3) is 17.9. The summed E-state index contributed by atoms with van der Waals surface area (Å²) in [5, 5.41) is 5.00. The molecule has 0 radical (unpaired) electrons. The normalized spacial score (nSPS) is 11.2. The van der Waals surface area contributed by atoms with Crippen LogP contribution in [-0.2, 0) is 4.74 Å². The minimum absolute atomic E-state index is 0. The third-order valence-corrected chi connectivity index (χ3v) is 17.0. The molecule has 0 bridgehead atoms. The molecule has 0 spiro atoms. The van der Waals surface area contributed by atoms with Crippen LogP contribution in [0.1, 0.15) is 14.3 Å². The number of hydrogen-bond donors (Lipinski definition) is 1. The van der Waals surface area contributed by atoms with Crippen LogP contribution in [0.4, 0.5) is 0 Å². The van der Waals surface area contributed by atoms with Gasteiger partial charge >= 0.3 is 74.4 Å². The molecule has 19 rings (SSSR count). The van der Waals surface area contributed by atoms with Crippen LogP contribution < -0.4 is 68.4 Å². The molecule has 0 atom stereocenters. The summed E-state index contributed by atoms with van der Waals surface area (Å²) in [5.41, 5.74) is 15.3. The van der Waals surface area contributed by atoms with E-state index in [1.54, 1.807) is 0 Å². The molecule has 1 aliphatic rings.